The van der Waals surface area contributed by atoms with Crippen LogP contribution >= 0.6 is 0 Å². The van der Waals surface area contributed by atoms with Gasteiger partial charge in [-0.1, -0.05) is 24.3 Å². The van der Waals surface area contributed by atoms with Gasteiger partial charge in [0.2, 0.25) is 0 Å². The Balaban J connectivity index is 2.56. The number of methoxy groups -OCH3 is 1. The molecule has 0 atom stereocenters. The molecule has 3 heteroatoms. The Morgan fingerprint density at radius 1 is 1.15 bits per heavy atom. The lowest BCUT2D eigenvalue weighted by atomic mass is 10.0. The van der Waals surface area contributed by atoms with E-state index < -0.39 is 0 Å². The number of anilines is 1. The second-order valence-corrected chi connectivity index (χ2v) is 5.07. The highest BCUT2D eigenvalue weighted by atomic mass is 16.5. The predicted octanol–water partition coefficient (Wildman–Crippen LogP) is 3.57. The van der Waals surface area contributed by atoms with Crippen LogP contribution in [0.2, 0.25) is 0 Å². The summed E-state index contributed by atoms with van der Waals surface area (Å²) < 4.78 is 5.21. The fourth-order valence-electron chi connectivity index (χ4n) is 2.48. The zero-order valence-electron chi connectivity index (χ0n) is 12.3. The first-order valence-electron chi connectivity index (χ1n) is 6.86. The summed E-state index contributed by atoms with van der Waals surface area (Å²) in [4.78, 5) is 2.31. The normalized spacial score (nSPS) is 10.8. The minimum atomic E-state index is 0.376. The Morgan fingerprint density at radius 2 is 1.85 bits per heavy atom. The van der Waals surface area contributed by atoms with Crippen LogP contribution in [0, 0.1) is 11.3 Å². The SMILES string of the molecule is COCCN(c1ccc(C#N)c2ccccc12)C(C)C. The molecule has 0 radical (unpaired) electrons. The van der Waals surface area contributed by atoms with Crippen molar-refractivity contribution in [3.8, 4) is 6.07 Å². The van der Waals surface area contributed by atoms with Crippen LogP contribution in [0.3, 0.4) is 0 Å². The second kappa shape index (κ2) is 6.40. The van der Waals surface area contributed by atoms with Gasteiger partial charge in [-0.05, 0) is 26.0 Å². The zero-order chi connectivity index (χ0) is 14.5. The number of rotatable bonds is 5. The van der Waals surface area contributed by atoms with Gasteiger partial charge in [-0.2, -0.15) is 5.26 Å². The molecule has 0 aliphatic heterocycles. The molecule has 2 aromatic carbocycles. The third-order valence-electron chi connectivity index (χ3n) is 3.49. The van der Waals surface area contributed by atoms with Crippen LogP contribution < -0.4 is 4.90 Å². The van der Waals surface area contributed by atoms with Gasteiger partial charge in [0.1, 0.15) is 0 Å². The fraction of sp³-hybridized carbons (Fsp3) is 0.353. The van der Waals surface area contributed by atoms with E-state index in [1.807, 2.05) is 30.3 Å². The van der Waals surface area contributed by atoms with E-state index in [-0.39, 0.29) is 0 Å². The van der Waals surface area contributed by atoms with E-state index in [4.69, 9.17) is 4.74 Å². The van der Waals surface area contributed by atoms with Gasteiger partial charge in [-0.15, -0.1) is 0 Å². The van der Waals surface area contributed by atoms with Gasteiger partial charge in [-0.25, -0.2) is 0 Å². The standard InChI is InChI=1S/C17H20N2O/c1-13(2)19(10-11-20-3)17-9-8-14(12-18)15-6-4-5-7-16(15)17/h4-9,13H,10-11H2,1-3H3. The van der Waals surface area contributed by atoms with E-state index >= 15 is 0 Å². The molecule has 104 valence electrons. The van der Waals surface area contributed by atoms with Gasteiger partial charge < -0.3 is 9.64 Å². The molecule has 3 nitrogen and oxygen atoms in total. The third kappa shape index (κ3) is 2.76. The molecular formula is C17H20N2O. The van der Waals surface area contributed by atoms with Crippen molar-refractivity contribution in [2.24, 2.45) is 0 Å². The van der Waals surface area contributed by atoms with Gasteiger partial charge in [0.15, 0.2) is 0 Å². The van der Waals surface area contributed by atoms with Gasteiger partial charge >= 0.3 is 0 Å². The molecule has 0 spiro atoms. The topological polar surface area (TPSA) is 36.3 Å². The third-order valence-corrected chi connectivity index (χ3v) is 3.49. The van der Waals surface area contributed by atoms with E-state index in [9.17, 15) is 5.26 Å². The molecule has 0 heterocycles. The Labute approximate surface area is 120 Å². The largest absolute Gasteiger partial charge is 0.383 e. The number of fused-ring (bicyclic) bond motifs is 1. The summed E-state index contributed by atoms with van der Waals surface area (Å²) in [6.07, 6.45) is 0. The molecule has 0 saturated heterocycles. The molecule has 0 aliphatic rings. The quantitative estimate of drug-likeness (QED) is 0.831. The zero-order valence-corrected chi connectivity index (χ0v) is 12.3. The van der Waals surface area contributed by atoms with Crippen LogP contribution in [0.4, 0.5) is 5.69 Å². The van der Waals surface area contributed by atoms with Crippen molar-refractivity contribution in [3.05, 3.63) is 42.0 Å². The van der Waals surface area contributed by atoms with E-state index in [1.54, 1.807) is 7.11 Å². The Bertz CT molecular complexity index is 628. The second-order valence-electron chi connectivity index (χ2n) is 5.07. The molecule has 2 aromatic rings. The van der Waals surface area contributed by atoms with Crippen molar-refractivity contribution in [2.45, 2.75) is 19.9 Å². The van der Waals surface area contributed by atoms with Crippen molar-refractivity contribution < 1.29 is 4.74 Å². The average molecular weight is 268 g/mol. The lowest BCUT2D eigenvalue weighted by Gasteiger charge is -2.30. The van der Waals surface area contributed by atoms with Crippen LogP contribution in [0.1, 0.15) is 19.4 Å². The highest BCUT2D eigenvalue weighted by Gasteiger charge is 2.14. The number of ether oxygens (including phenoxy) is 1. The maximum Gasteiger partial charge on any atom is 0.0998 e. The predicted molar refractivity (Wildman–Crippen MR) is 83.0 cm³/mol. The lowest BCUT2D eigenvalue weighted by molar-refractivity contribution is 0.204. The summed E-state index contributed by atoms with van der Waals surface area (Å²) in [7, 11) is 1.72. The summed E-state index contributed by atoms with van der Waals surface area (Å²) in [5.41, 5.74) is 1.88. The summed E-state index contributed by atoms with van der Waals surface area (Å²) in [6.45, 7) is 5.86. The number of nitriles is 1. The first-order chi connectivity index (χ1) is 9.69. The number of nitrogens with zero attached hydrogens (tertiary/aromatic N) is 2. The molecule has 2 rings (SSSR count). The minimum absolute atomic E-state index is 0.376. The van der Waals surface area contributed by atoms with Crippen molar-refractivity contribution in [1.82, 2.24) is 0 Å². The van der Waals surface area contributed by atoms with Crippen LogP contribution in [-0.4, -0.2) is 26.3 Å². The smallest absolute Gasteiger partial charge is 0.0998 e. The summed E-state index contributed by atoms with van der Waals surface area (Å²) >= 11 is 0. The van der Waals surface area contributed by atoms with Crippen molar-refractivity contribution in [3.63, 3.8) is 0 Å². The molecule has 0 unspecified atom stereocenters. The van der Waals surface area contributed by atoms with E-state index in [2.05, 4.69) is 30.9 Å². The van der Waals surface area contributed by atoms with Crippen LogP contribution in [-0.2, 0) is 4.74 Å². The van der Waals surface area contributed by atoms with Crippen molar-refractivity contribution in [2.75, 3.05) is 25.2 Å². The molecule has 0 saturated carbocycles. The highest BCUT2D eigenvalue weighted by Crippen LogP contribution is 2.30. The highest BCUT2D eigenvalue weighted by molar-refractivity contribution is 5.97. The molecule has 0 bridgehead atoms. The Morgan fingerprint density at radius 3 is 2.45 bits per heavy atom. The number of hydrogen-bond donors (Lipinski definition) is 0. The van der Waals surface area contributed by atoms with Crippen molar-refractivity contribution in [1.29, 1.82) is 5.26 Å². The van der Waals surface area contributed by atoms with Gasteiger partial charge in [0.05, 0.1) is 18.2 Å². The first kappa shape index (κ1) is 14.4. The maximum atomic E-state index is 9.23. The van der Waals surface area contributed by atoms with E-state index in [0.717, 1.165) is 28.6 Å². The van der Waals surface area contributed by atoms with Crippen molar-refractivity contribution >= 4 is 16.5 Å². The molecule has 20 heavy (non-hydrogen) atoms. The molecule has 0 fully saturated rings. The summed E-state index contributed by atoms with van der Waals surface area (Å²) in [6, 6.07) is 14.7. The van der Waals surface area contributed by atoms with Gasteiger partial charge in [0.25, 0.3) is 0 Å². The molecule has 0 N–H and O–H groups in total. The van der Waals surface area contributed by atoms with Crippen LogP contribution in [0.15, 0.2) is 36.4 Å². The molecule has 0 amide bonds. The molecular weight excluding hydrogens is 248 g/mol. The average Bonchev–Trinajstić information content (AvgIpc) is 2.47. The van der Waals surface area contributed by atoms with E-state index in [1.165, 1.54) is 0 Å². The van der Waals surface area contributed by atoms with Crippen LogP contribution in [0.25, 0.3) is 10.8 Å². The first-order valence-corrected chi connectivity index (χ1v) is 6.86. The lowest BCUT2D eigenvalue weighted by Crippen LogP contribution is -2.33. The Hall–Kier alpha value is -2.05. The Kier molecular flexibility index (Phi) is 4.60. The summed E-state index contributed by atoms with van der Waals surface area (Å²) in [5.74, 6) is 0. The van der Waals surface area contributed by atoms with Gasteiger partial charge in [-0.3, -0.25) is 0 Å². The number of hydrogen-bond acceptors (Lipinski definition) is 3. The summed E-state index contributed by atoms with van der Waals surface area (Å²) in [5, 5.41) is 11.4. The monoisotopic (exact) mass is 268 g/mol. The number of benzene rings is 2. The fourth-order valence-corrected chi connectivity index (χ4v) is 2.48. The minimum Gasteiger partial charge on any atom is -0.383 e. The van der Waals surface area contributed by atoms with E-state index in [0.29, 0.717) is 12.6 Å². The molecule has 0 aromatic heterocycles. The molecule has 0 aliphatic carbocycles. The van der Waals surface area contributed by atoms with Crippen LogP contribution in [0.5, 0.6) is 0 Å². The maximum absolute atomic E-state index is 9.23. The van der Waals surface area contributed by atoms with Gasteiger partial charge in [0, 0.05) is 36.2 Å².